The van der Waals surface area contributed by atoms with Gasteiger partial charge in [-0.1, -0.05) is 42.5 Å². The Morgan fingerprint density at radius 3 is 2.54 bits per heavy atom. The standard InChI is InChI=1S/C20H22N4O2/c1-3-22-20(26)23-19(25)18(17-10-5-4-6-11-17)24(2)14-16-9-7-8-15(12-16)13-21/h4-12,18H,3,14H2,1-2H3,(H2,22,23,25,26). The van der Waals surface area contributed by atoms with Crippen molar-refractivity contribution in [2.75, 3.05) is 13.6 Å². The predicted octanol–water partition coefficient (Wildman–Crippen LogP) is 2.58. The van der Waals surface area contributed by atoms with Crippen molar-refractivity contribution in [2.24, 2.45) is 0 Å². The lowest BCUT2D eigenvalue weighted by Gasteiger charge is -2.27. The van der Waals surface area contributed by atoms with Gasteiger partial charge in [0.2, 0.25) is 5.91 Å². The molecule has 0 bridgehead atoms. The molecule has 0 saturated heterocycles. The van der Waals surface area contributed by atoms with E-state index >= 15 is 0 Å². The van der Waals surface area contributed by atoms with Crippen LogP contribution in [0.25, 0.3) is 0 Å². The number of benzene rings is 2. The summed E-state index contributed by atoms with van der Waals surface area (Å²) in [6.45, 7) is 2.68. The first-order valence-electron chi connectivity index (χ1n) is 8.38. The summed E-state index contributed by atoms with van der Waals surface area (Å²) in [6, 6.07) is 17.5. The van der Waals surface area contributed by atoms with Crippen molar-refractivity contribution in [3.8, 4) is 6.07 Å². The first-order valence-corrected chi connectivity index (χ1v) is 8.38. The average Bonchev–Trinajstić information content (AvgIpc) is 2.63. The van der Waals surface area contributed by atoms with Crippen LogP contribution in [-0.4, -0.2) is 30.4 Å². The van der Waals surface area contributed by atoms with Crippen molar-refractivity contribution in [3.05, 3.63) is 71.3 Å². The maximum Gasteiger partial charge on any atom is 0.321 e. The molecule has 134 valence electrons. The minimum atomic E-state index is -0.635. The van der Waals surface area contributed by atoms with Crippen LogP contribution in [0.15, 0.2) is 54.6 Å². The Labute approximate surface area is 153 Å². The highest BCUT2D eigenvalue weighted by atomic mass is 16.2. The molecule has 2 rings (SSSR count). The van der Waals surface area contributed by atoms with Gasteiger partial charge in [-0.3, -0.25) is 15.0 Å². The number of carbonyl (C=O) groups excluding carboxylic acids is 2. The van der Waals surface area contributed by atoms with Crippen molar-refractivity contribution in [2.45, 2.75) is 19.5 Å². The summed E-state index contributed by atoms with van der Waals surface area (Å²) in [5, 5.41) is 14.0. The third-order valence-electron chi connectivity index (χ3n) is 3.87. The quantitative estimate of drug-likeness (QED) is 0.838. The van der Waals surface area contributed by atoms with Gasteiger partial charge in [-0.25, -0.2) is 4.79 Å². The molecule has 2 aromatic rings. The van der Waals surface area contributed by atoms with Gasteiger partial charge in [0, 0.05) is 13.1 Å². The normalized spacial score (nSPS) is 11.5. The number of rotatable bonds is 6. The number of imide groups is 1. The third kappa shape index (κ3) is 5.16. The lowest BCUT2D eigenvalue weighted by atomic mass is 10.0. The van der Waals surface area contributed by atoms with E-state index in [0.717, 1.165) is 11.1 Å². The summed E-state index contributed by atoms with van der Waals surface area (Å²) in [7, 11) is 1.81. The molecule has 0 aliphatic carbocycles. The molecule has 0 aromatic heterocycles. The zero-order chi connectivity index (χ0) is 18.9. The number of nitrogens with one attached hydrogen (secondary N) is 2. The Kier molecular flexibility index (Phi) is 6.89. The summed E-state index contributed by atoms with van der Waals surface area (Å²) < 4.78 is 0. The van der Waals surface area contributed by atoms with Crippen LogP contribution in [0.2, 0.25) is 0 Å². The van der Waals surface area contributed by atoms with Gasteiger partial charge in [0.1, 0.15) is 6.04 Å². The number of hydrogen-bond acceptors (Lipinski definition) is 4. The Morgan fingerprint density at radius 2 is 1.88 bits per heavy atom. The summed E-state index contributed by atoms with van der Waals surface area (Å²) in [5.41, 5.74) is 2.27. The van der Waals surface area contributed by atoms with Gasteiger partial charge in [-0.05, 0) is 37.2 Å². The highest BCUT2D eigenvalue weighted by molar-refractivity contribution is 5.97. The molecular formula is C20H22N4O2. The van der Waals surface area contributed by atoms with E-state index in [9.17, 15) is 9.59 Å². The number of amides is 3. The molecule has 6 heteroatoms. The van der Waals surface area contributed by atoms with Gasteiger partial charge in [0.25, 0.3) is 0 Å². The number of hydrogen-bond donors (Lipinski definition) is 2. The molecule has 2 N–H and O–H groups in total. The molecule has 2 aromatic carbocycles. The fourth-order valence-corrected chi connectivity index (χ4v) is 2.74. The van der Waals surface area contributed by atoms with E-state index < -0.39 is 18.0 Å². The van der Waals surface area contributed by atoms with E-state index in [1.165, 1.54) is 0 Å². The largest absolute Gasteiger partial charge is 0.338 e. The van der Waals surface area contributed by atoms with Crippen LogP contribution >= 0.6 is 0 Å². The molecule has 0 aliphatic rings. The van der Waals surface area contributed by atoms with Gasteiger partial charge in [-0.15, -0.1) is 0 Å². The molecule has 0 spiro atoms. The van der Waals surface area contributed by atoms with Crippen LogP contribution in [0.4, 0.5) is 4.79 Å². The lowest BCUT2D eigenvalue weighted by Crippen LogP contribution is -2.45. The average molecular weight is 350 g/mol. The van der Waals surface area contributed by atoms with Gasteiger partial charge >= 0.3 is 6.03 Å². The molecule has 0 saturated carbocycles. The van der Waals surface area contributed by atoms with Crippen LogP contribution in [0.1, 0.15) is 29.7 Å². The van der Waals surface area contributed by atoms with Crippen LogP contribution in [-0.2, 0) is 11.3 Å². The maximum atomic E-state index is 12.7. The van der Waals surface area contributed by atoms with Gasteiger partial charge in [0.05, 0.1) is 11.6 Å². The van der Waals surface area contributed by atoms with Crippen molar-refractivity contribution in [1.82, 2.24) is 15.5 Å². The smallest absolute Gasteiger partial charge is 0.321 e. The van der Waals surface area contributed by atoms with Crippen molar-refractivity contribution < 1.29 is 9.59 Å². The molecule has 1 atom stereocenters. The Bertz CT molecular complexity index is 799. The SMILES string of the molecule is CCNC(=O)NC(=O)C(c1ccccc1)N(C)Cc1cccc(C#N)c1. The molecule has 1 unspecified atom stereocenters. The minimum Gasteiger partial charge on any atom is -0.338 e. The van der Waals surface area contributed by atoms with E-state index in [4.69, 9.17) is 5.26 Å². The number of likely N-dealkylation sites (N-methyl/N-ethyl adjacent to an activating group) is 1. The van der Waals surface area contributed by atoms with Crippen LogP contribution < -0.4 is 10.6 Å². The number of nitrogens with zero attached hydrogens (tertiary/aromatic N) is 2. The second-order valence-corrected chi connectivity index (χ2v) is 5.89. The first kappa shape index (κ1) is 19.2. The van der Waals surface area contributed by atoms with Gasteiger partial charge in [0.15, 0.2) is 0 Å². The van der Waals surface area contributed by atoms with E-state index in [2.05, 4.69) is 16.7 Å². The second-order valence-electron chi connectivity index (χ2n) is 5.89. The van der Waals surface area contributed by atoms with Gasteiger partial charge < -0.3 is 5.32 Å². The maximum absolute atomic E-state index is 12.7. The fraction of sp³-hybridized carbons (Fsp3) is 0.250. The monoisotopic (exact) mass is 350 g/mol. The molecule has 26 heavy (non-hydrogen) atoms. The Morgan fingerprint density at radius 1 is 1.15 bits per heavy atom. The van der Waals surface area contributed by atoms with Crippen molar-refractivity contribution in [3.63, 3.8) is 0 Å². The Hall–Kier alpha value is -3.17. The highest BCUT2D eigenvalue weighted by Gasteiger charge is 2.26. The van der Waals surface area contributed by atoms with Crippen LogP contribution in [0.3, 0.4) is 0 Å². The minimum absolute atomic E-state index is 0.402. The molecule has 3 amide bonds. The van der Waals surface area contributed by atoms with E-state index in [-0.39, 0.29) is 0 Å². The van der Waals surface area contributed by atoms with E-state index in [1.807, 2.05) is 54.4 Å². The van der Waals surface area contributed by atoms with E-state index in [0.29, 0.717) is 18.7 Å². The summed E-state index contributed by atoms with van der Waals surface area (Å²) in [6.07, 6.45) is 0. The second kappa shape index (κ2) is 9.35. The highest BCUT2D eigenvalue weighted by Crippen LogP contribution is 2.22. The summed E-state index contributed by atoms with van der Waals surface area (Å²) >= 11 is 0. The molecule has 6 nitrogen and oxygen atoms in total. The molecular weight excluding hydrogens is 328 g/mol. The van der Waals surface area contributed by atoms with Crippen LogP contribution in [0.5, 0.6) is 0 Å². The topological polar surface area (TPSA) is 85.2 Å². The number of nitriles is 1. The molecule has 0 heterocycles. The Balaban J connectivity index is 2.23. The summed E-state index contributed by atoms with van der Waals surface area (Å²) in [5.74, 6) is -0.402. The molecule has 0 fully saturated rings. The third-order valence-corrected chi connectivity index (χ3v) is 3.87. The number of carbonyl (C=O) groups is 2. The van der Waals surface area contributed by atoms with Crippen molar-refractivity contribution >= 4 is 11.9 Å². The molecule has 0 aliphatic heterocycles. The van der Waals surface area contributed by atoms with Gasteiger partial charge in [-0.2, -0.15) is 5.26 Å². The summed E-state index contributed by atoms with van der Waals surface area (Å²) in [4.78, 5) is 26.3. The van der Waals surface area contributed by atoms with E-state index in [1.54, 1.807) is 19.1 Å². The predicted molar refractivity (Wildman–Crippen MR) is 99.0 cm³/mol. The zero-order valence-corrected chi connectivity index (χ0v) is 14.9. The molecule has 0 radical (unpaired) electrons. The van der Waals surface area contributed by atoms with Crippen molar-refractivity contribution in [1.29, 1.82) is 5.26 Å². The van der Waals surface area contributed by atoms with Crippen LogP contribution in [0, 0.1) is 11.3 Å². The zero-order valence-electron chi connectivity index (χ0n) is 14.9. The lowest BCUT2D eigenvalue weighted by molar-refractivity contribution is -0.125. The first-order chi connectivity index (χ1) is 12.5. The fourth-order valence-electron chi connectivity index (χ4n) is 2.74. The number of urea groups is 1.